The molecule has 0 aliphatic heterocycles. The van der Waals surface area contributed by atoms with Gasteiger partial charge in [0, 0.05) is 5.57 Å². The lowest BCUT2D eigenvalue weighted by Gasteiger charge is -2.26. The van der Waals surface area contributed by atoms with Crippen molar-refractivity contribution >= 4 is 0 Å². The van der Waals surface area contributed by atoms with Crippen LogP contribution in [0, 0.1) is 11.8 Å². The molecule has 0 bridgehead atoms. The van der Waals surface area contributed by atoms with Crippen molar-refractivity contribution in [1.29, 1.82) is 0 Å². The topological polar surface area (TPSA) is 40.5 Å². The van der Waals surface area contributed by atoms with Crippen LogP contribution in [0.4, 0.5) is 0 Å². The summed E-state index contributed by atoms with van der Waals surface area (Å²) in [5.41, 5.74) is 0.0150. The first-order valence-electron chi connectivity index (χ1n) is 6.33. The molecule has 1 unspecified atom stereocenters. The first-order valence-corrected chi connectivity index (χ1v) is 6.33. The fourth-order valence-electron chi connectivity index (χ4n) is 2.44. The Labute approximate surface area is 97.4 Å². The first-order chi connectivity index (χ1) is 7.70. The van der Waals surface area contributed by atoms with Crippen LogP contribution in [0.2, 0.25) is 0 Å². The summed E-state index contributed by atoms with van der Waals surface area (Å²) >= 11 is 0. The van der Waals surface area contributed by atoms with Crippen LogP contribution in [0.25, 0.3) is 0 Å². The highest BCUT2D eigenvalue weighted by molar-refractivity contribution is 5.35. The summed E-state index contributed by atoms with van der Waals surface area (Å²) in [6.45, 7) is 0. The van der Waals surface area contributed by atoms with Crippen molar-refractivity contribution in [3.05, 3.63) is 11.6 Å². The zero-order valence-electron chi connectivity index (χ0n) is 9.71. The third kappa shape index (κ3) is 2.87. The first kappa shape index (κ1) is 11.7. The van der Waals surface area contributed by atoms with E-state index in [1.807, 2.05) is 6.08 Å². The molecule has 0 radical (unpaired) electrons. The predicted octanol–water partition coefficient (Wildman–Crippen LogP) is 2.16. The molecular weight excluding hydrogens is 200 g/mol. The van der Waals surface area contributed by atoms with Crippen molar-refractivity contribution in [3.8, 4) is 11.8 Å². The minimum absolute atomic E-state index is 0.409. The van der Waals surface area contributed by atoms with Gasteiger partial charge >= 0.3 is 0 Å². The van der Waals surface area contributed by atoms with Gasteiger partial charge in [0.2, 0.25) is 0 Å². The molecule has 1 atom stereocenters. The lowest BCUT2D eigenvalue weighted by atomic mass is 9.85. The van der Waals surface area contributed by atoms with E-state index in [4.69, 9.17) is 0 Å². The molecule has 2 N–H and O–H groups in total. The molecule has 0 saturated heterocycles. The molecule has 0 spiro atoms. The average molecular weight is 220 g/mol. The van der Waals surface area contributed by atoms with Crippen LogP contribution >= 0.6 is 0 Å². The van der Waals surface area contributed by atoms with E-state index < -0.39 is 11.7 Å². The van der Waals surface area contributed by atoms with Gasteiger partial charge in [-0.2, -0.15) is 0 Å². The van der Waals surface area contributed by atoms with E-state index in [1.54, 1.807) is 0 Å². The van der Waals surface area contributed by atoms with E-state index in [2.05, 4.69) is 11.8 Å². The Bertz CT molecular complexity index is 326. The highest BCUT2D eigenvalue weighted by Crippen LogP contribution is 2.27. The van der Waals surface area contributed by atoms with Crippen molar-refractivity contribution in [3.63, 3.8) is 0 Å². The molecule has 2 aliphatic carbocycles. The largest absolute Gasteiger partial charge is 0.388 e. The smallest absolute Gasteiger partial charge is 0.125 e. The van der Waals surface area contributed by atoms with Gasteiger partial charge in [-0.3, -0.25) is 0 Å². The summed E-state index contributed by atoms with van der Waals surface area (Å²) in [6, 6.07) is 0. The van der Waals surface area contributed by atoms with Gasteiger partial charge in [-0.25, -0.2) is 0 Å². The summed E-state index contributed by atoms with van der Waals surface area (Å²) in [5, 5.41) is 19.9. The van der Waals surface area contributed by atoms with Gasteiger partial charge in [0.1, 0.15) is 5.60 Å². The van der Waals surface area contributed by atoms with E-state index >= 15 is 0 Å². The maximum Gasteiger partial charge on any atom is 0.125 e. The molecule has 16 heavy (non-hydrogen) atoms. The maximum atomic E-state index is 10.2. The molecule has 2 rings (SSSR count). The second-order valence-electron chi connectivity index (χ2n) is 4.95. The van der Waals surface area contributed by atoms with E-state index in [1.165, 1.54) is 6.42 Å². The molecule has 0 heterocycles. The SMILES string of the molecule is OC1CCCC=C1C#CC1(O)CCCCC1. The molecule has 0 aromatic heterocycles. The van der Waals surface area contributed by atoms with Crippen LogP contribution in [0.15, 0.2) is 11.6 Å². The van der Waals surface area contributed by atoms with Crippen LogP contribution in [-0.4, -0.2) is 21.9 Å². The number of aliphatic hydroxyl groups is 2. The lowest BCUT2D eigenvalue weighted by Crippen LogP contribution is -2.29. The Morgan fingerprint density at radius 1 is 1.19 bits per heavy atom. The summed E-state index contributed by atoms with van der Waals surface area (Å²) < 4.78 is 0. The van der Waals surface area contributed by atoms with Crippen molar-refractivity contribution in [1.82, 2.24) is 0 Å². The van der Waals surface area contributed by atoms with Gasteiger partial charge in [0.25, 0.3) is 0 Å². The van der Waals surface area contributed by atoms with Gasteiger partial charge in [-0.05, 0) is 44.9 Å². The fourth-order valence-corrected chi connectivity index (χ4v) is 2.44. The number of hydrogen-bond donors (Lipinski definition) is 2. The maximum absolute atomic E-state index is 10.2. The Balaban J connectivity index is 2.05. The Morgan fingerprint density at radius 2 is 1.94 bits per heavy atom. The summed E-state index contributed by atoms with van der Waals surface area (Å²) in [6.07, 6.45) is 9.33. The molecule has 88 valence electrons. The standard InChI is InChI=1S/C14H20O2/c15-13-7-3-2-6-12(13)8-11-14(16)9-4-1-5-10-14/h6,13,15-16H,1-5,7,9-10H2. The molecule has 2 heteroatoms. The van der Waals surface area contributed by atoms with E-state index in [9.17, 15) is 10.2 Å². The Morgan fingerprint density at radius 3 is 2.62 bits per heavy atom. The van der Waals surface area contributed by atoms with Gasteiger partial charge in [0.05, 0.1) is 6.10 Å². The van der Waals surface area contributed by atoms with Crippen molar-refractivity contribution in [2.24, 2.45) is 0 Å². The minimum Gasteiger partial charge on any atom is -0.388 e. The monoisotopic (exact) mass is 220 g/mol. The minimum atomic E-state index is -0.795. The third-order valence-corrected chi connectivity index (χ3v) is 3.53. The number of hydrogen-bond acceptors (Lipinski definition) is 2. The fraction of sp³-hybridized carbons (Fsp3) is 0.714. The van der Waals surface area contributed by atoms with Crippen molar-refractivity contribution in [2.45, 2.75) is 63.1 Å². The summed E-state index contributed by atoms with van der Waals surface area (Å²) in [4.78, 5) is 0. The third-order valence-electron chi connectivity index (χ3n) is 3.53. The van der Waals surface area contributed by atoms with E-state index in [0.717, 1.165) is 50.5 Å². The number of aliphatic hydroxyl groups excluding tert-OH is 1. The highest BCUT2D eigenvalue weighted by Gasteiger charge is 2.26. The van der Waals surface area contributed by atoms with Gasteiger partial charge < -0.3 is 10.2 Å². The Kier molecular flexibility index (Phi) is 3.68. The molecule has 0 aromatic rings. The summed E-state index contributed by atoms with van der Waals surface area (Å²) in [7, 11) is 0. The van der Waals surface area contributed by atoms with Crippen molar-refractivity contribution in [2.75, 3.05) is 0 Å². The Hall–Kier alpha value is -0.780. The summed E-state index contributed by atoms with van der Waals surface area (Å²) in [5.74, 6) is 5.97. The number of rotatable bonds is 0. The molecule has 2 nitrogen and oxygen atoms in total. The molecule has 1 fully saturated rings. The average Bonchev–Trinajstić information content (AvgIpc) is 2.29. The van der Waals surface area contributed by atoms with E-state index in [-0.39, 0.29) is 0 Å². The van der Waals surface area contributed by atoms with Crippen LogP contribution in [0.5, 0.6) is 0 Å². The zero-order valence-corrected chi connectivity index (χ0v) is 9.71. The van der Waals surface area contributed by atoms with Gasteiger partial charge in [-0.15, -0.1) is 0 Å². The van der Waals surface area contributed by atoms with Crippen LogP contribution in [-0.2, 0) is 0 Å². The van der Waals surface area contributed by atoms with Crippen LogP contribution in [0.1, 0.15) is 51.4 Å². The number of allylic oxidation sites excluding steroid dienone is 1. The van der Waals surface area contributed by atoms with Gasteiger partial charge in [0.15, 0.2) is 0 Å². The molecular formula is C14H20O2. The quantitative estimate of drug-likeness (QED) is 0.614. The molecule has 0 aromatic carbocycles. The van der Waals surface area contributed by atoms with Crippen LogP contribution in [0.3, 0.4) is 0 Å². The molecule has 0 amide bonds. The second kappa shape index (κ2) is 5.03. The van der Waals surface area contributed by atoms with E-state index in [0.29, 0.717) is 0 Å². The predicted molar refractivity (Wildman–Crippen MR) is 63.8 cm³/mol. The molecule has 2 aliphatic rings. The molecule has 1 saturated carbocycles. The zero-order chi connectivity index (χ0) is 11.4. The highest BCUT2D eigenvalue weighted by atomic mass is 16.3. The van der Waals surface area contributed by atoms with Crippen molar-refractivity contribution < 1.29 is 10.2 Å². The normalized spacial score (nSPS) is 28.9. The second-order valence-corrected chi connectivity index (χ2v) is 4.95. The van der Waals surface area contributed by atoms with Crippen LogP contribution < -0.4 is 0 Å². The van der Waals surface area contributed by atoms with Gasteiger partial charge in [-0.1, -0.05) is 24.3 Å². The lowest BCUT2D eigenvalue weighted by molar-refractivity contribution is 0.0609.